The van der Waals surface area contributed by atoms with Crippen LogP contribution in [0.25, 0.3) is 22.1 Å². The Morgan fingerprint density at radius 3 is 1.95 bits per heavy atom. The molecule has 12 nitrogen and oxygen atoms in total. The maximum absolute atomic E-state index is 12.5. The highest BCUT2D eigenvalue weighted by Crippen LogP contribution is 2.23. The van der Waals surface area contributed by atoms with E-state index in [0.29, 0.717) is 22.2 Å². The number of carbonyl (C=O) groups excluding carboxylic acids is 2. The van der Waals surface area contributed by atoms with Crippen molar-refractivity contribution in [3.8, 4) is 0 Å². The van der Waals surface area contributed by atoms with E-state index >= 15 is 0 Å². The molecule has 3 heterocycles. The summed E-state index contributed by atoms with van der Waals surface area (Å²) in [6.45, 7) is 1.46. The fraction of sp³-hybridized carbons (Fsp3) is 0.414. The molecule has 12 heteroatoms. The number of hydrogen-bond acceptors (Lipinski definition) is 10. The molecule has 4 aromatic rings. The molecule has 2 aromatic heterocycles. The molecule has 0 unspecified atom stereocenters. The Labute approximate surface area is 236 Å². The molecule has 1 aliphatic heterocycles. The Morgan fingerprint density at radius 2 is 1.32 bits per heavy atom. The standard InChI is InChI=1S/C15H17N3O2.C14H16N4O3/c1-18(12-4-8-20-9-5-12)15(19)11-2-3-13-14(10-11)17-7-6-16-13;1-18(11-5-3-10(15-20)4-6-11)14(19)9-2-7-12-13(8-9)17-21-16-12/h2-3,6-7,10,12H,4-5,8-9H2,1H3;2,7-8,11,20H,3-6H2,1H3. The lowest BCUT2D eigenvalue weighted by Gasteiger charge is -2.31. The topological polar surface area (TPSA) is 147 Å². The van der Waals surface area contributed by atoms with Crippen LogP contribution in [0.5, 0.6) is 0 Å². The third-order valence-corrected chi connectivity index (χ3v) is 7.82. The maximum Gasteiger partial charge on any atom is 0.253 e. The van der Waals surface area contributed by atoms with Gasteiger partial charge >= 0.3 is 0 Å². The first-order valence-electron chi connectivity index (χ1n) is 13.7. The van der Waals surface area contributed by atoms with Crippen LogP contribution in [0, 0.1) is 0 Å². The van der Waals surface area contributed by atoms with Gasteiger partial charge in [-0.15, -0.1) is 0 Å². The normalized spacial score (nSPS) is 17.5. The van der Waals surface area contributed by atoms with Crippen molar-refractivity contribution in [2.75, 3.05) is 27.3 Å². The van der Waals surface area contributed by atoms with Gasteiger partial charge < -0.3 is 19.7 Å². The molecule has 6 rings (SSSR count). The number of ether oxygens (including phenoxy) is 1. The molecule has 214 valence electrons. The summed E-state index contributed by atoms with van der Waals surface area (Å²) < 4.78 is 9.98. The van der Waals surface area contributed by atoms with Gasteiger partial charge in [-0.25, -0.2) is 4.63 Å². The van der Waals surface area contributed by atoms with Crippen LogP contribution in [0.4, 0.5) is 0 Å². The van der Waals surface area contributed by atoms with Crippen LogP contribution in [0.15, 0.2) is 58.6 Å². The van der Waals surface area contributed by atoms with E-state index in [2.05, 4.69) is 30.1 Å². The fourth-order valence-corrected chi connectivity index (χ4v) is 5.25. The molecule has 2 aromatic carbocycles. The zero-order valence-electron chi connectivity index (χ0n) is 23.1. The van der Waals surface area contributed by atoms with Crippen LogP contribution in [0.1, 0.15) is 59.2 Å². The summed E-state index contributed by atoms with van der Waals surface area (Å²) in [5, 5.41) is 19.5. The molecule has 2 amide bonds. The van der Waals surface area contributed by atoms with Crippen LogP contribution < -0.4 is 0 Å². The fourth-order valence-electron chi connectivity index (χ4n) is 5.25. The van der Waals surface area contributed by atoms with Crippen LogP contribution in [-0.4, -0.2) is 92.2 Å². The van der Waals surface area contributed by atoms with E-state index in [1.807, 2.05) is 24.1 Å². The number of aromatic nitrogens is 4. The smallest absolute Gasteiger partial charge is 0.253 e. The number of carbonyl (C=O) groups is 2. The van der Waals surface area contributed by atoms with Crippen molar-refractivity contribution >= 4 is 39.6 Å². The second kappa shape index (κ2) is 12.8. The summed E-state index contributed by atoms with van der Waals surface area (Å²) in [5.41, 5.74) is 4.80. The van der Waals surface area contributed by atoms with Gasteiger partial charge in [-0.1, -0.05) is 5.16 Å². The molecule has 1 aliphatic carbocycles. The molecule has 0 spiro atoms. The predicted octanol–water partition coefficient (Wildman–Crippen LogP) is 3.95. The minimum Gasteiger partial charge on any atom is -0.411 e. The molecule has 2 fully saturated rings. The second-order valence-electron chi connectivity index (χ2n) is 10.3. The molecular formula is C29H33N7O5. The summed E-state index contributed by atoms with van der Waals surface area (Å²) in [5.74, 6) is -0.0151. The number of amides is 2. The van der Waals surface area contributed by atoms with Crippen LogP contribution >= 0.6 is 0 Å². The number of benzene rings is 2. The van der Waals surface area contributed by atoms with Gasteiger partial charge in [0.25, 0.3) is 11.8 Å². The summed E-state index contributed by atoms with van der Waals surface area (Å²) in [6, 6.07) is 11.0. The Kier molecular flexibility index (Phi) is 8.78. The van der Waals surface area contributed by atoms with Gasteiger partial charge in [0, 0.05) is 62.9 Å². The van der Waals surface area contributed by atoms with Crippen molar-refractivity contribution in [1.82, 2.24) is 30.1 Å². The number of oxime groups is 1. The van der Waals surface area contributed by atoms with Gasteiger partial charge in [-0.05, 0) is 85.2 Å². The van der Waals surface area contributed by atoms with Crippen molar-refractivity contribution in [2.45, 2.75) is 50.6 Å². The van der Waals surface area contributed by atoms with Crippen molar-refractivity contribution in [3.63, 3.8) is 0 Å². The molecular weight excluding hydrogens is 526 g/mol. The van der Waals surface area contributed by atoms with Crippen LogP contribution in [0.2, 0.25) is 0 Å². The van der Waals surface area contributed by atoms with Gasteiger partial charge in [-0.3, -0.25) is 19.6 Å². The van der Waals surface area contributed by atoms with Crippen molar-refractivity contribution in [2.24, 2.45) is 5.16 Å². The molecule has 0 radical (unpaired) electrons. The highest BCUT2D eigenvalue weighted by Gasteiger charge is 2.26. The highest BCUT2D eigenvalue weighted by atomic mass is 16.6. The van der Waals surface area contributed by atoms with E-state index in [0.717, 1.165) is 68.5 Å². The molecule has 0 atom stereocenters. The van der Waals surface area contributed by atoms with Gasteiger partial charge in [0.05, 0.1) is 16.7 Å². The first-order valence-corrected chi connectivity index (χ1v) is 13.7. The van der Waals surface area contributed by atoms with Crippen LogP contribution in [0.3, 0.4) is 0 Å². The maximum atomic E-state index is 12.5. The van der Waals surface area contributed by atoms with Gasteiger partial charge in [0.15, 0.2) is 0 Å². The minimum atomic E-state index is -0.0470. The molecule has 0 bridgehead atoms. The molecule has 1 saturated heterocycles. The minimum absolute atomic E-state index is 0.0319. The summed E-state index contributed by atoms with van der Waals surface area (Å²) >= 11 is 0. The quantitative estimate of drug-likeness (QED) is 0.290. The van der Waals surface area contributed by atoms with Crippen molar-refractivity contribution in [3.05, 3.63) is 59.9 Å². The van der Waals surface area contributed by atoms with Gasteiger partial charge in [0.2, 0.25) is 0 Å². The largest absolute Gasteiger partial charge is 0.411 e. The van der Waals surface area contributed by atoms with E-state index < -0.39 is 0 Å². The summed E-state index contributed by atoms with van der Waals surface area (Å²) in [4.78, 5) is 37.1. The van der Waals surface area contributed by atoms with E-state index in [1.165, 1.54) is 0 Å². The number of nitrogens with zero attached hydrogens (tertiary/aromatic N) is 7. The molecule has 2 aliphatic rings. The number of fused-ring (bicyclic) bond motifs is 2. The second-order valence-corrected chi connectivity index (χ2v) is 10.3. The molecule has 1 N–H and O–H groups in total. The Hall–Kier alpha value is -4.45. The first kappa shape index (κ1) is 28.1. The van der Waals surface area contributed by atoms with E-state index in [1.54, 1.807) is 48.6 Å². The zero-order valence-corrected chi connectivity index (χ0v) is 23.1. The van der Waals surface area contributed by atoms with E-state index in [4.69, 9.17) is 9.94 Å². The van der Waals surface area contributed by atoms with Gasteiger partial charge in [-0.2, -0.15) is 0 Å². The van der Waals surface area contributed by atoms with Gasteiger partial charge in [0.1, 0.15) is 11.0 Å². The molecule has 41 heavy (non-hydrogen) atoms. The van der Waals surface area contributed by atoms with Crippen molar-refractivity contribution in [1.29, 1.82) is 0 Å². The van der Waals surface area contributed by atoms with Crippen LogP contribution in [-0.2, 0) is 4.74 Å². The molecule has 1 saturated carbocycles. The van der Waals surface area contributed by atoms with Crippen molar-refractivity contribution < 1.29 is 24.2 Å². The summed E-state index contributed by atoms with van der Waals surface area (Å²) in [7, 11) is 3.67. The van der Waals surface area contributed by atoms with E-state index in [-0.39, 0.29) is 23.9 Å². The predicted molar refractivity (Wildman–Crippen MR) is 151 cm³/mol. The Bertz CT molecular complexity index is 1540. The zero-order chi connectivity index (χ0) is 28.8. The lowest BCUT2D eigenvalue weighted by atomic mass is 9.92. The number of rotatable bonds is 4. The van der Waals surface area contributed by atoms with E-state index in [9.17, 15) is 9.59 Å². The SMILES string of the molecule is CN(C(=O)c1ccc2nccnc2c1)C1CCOCC1.CN(C(=O)c1ccc2nonc2c1)C1CCC(=NO)CC1. The Morgan fingerprint density at radius 1 is 0.780 bits per heavy atom. The Balaban J connectivity index is 0.000000165. The third-order valence-electron chi connectivity index (χ3n) is 7.82. The third kappa shape index (κ3) is 6.49. The average Bonchev–Trinajstić information content (AvgIpc) is 3.52. The first-order chi connectivity index (χ1) is 19.9. The lowest BCUT2D eigenvalue weighted by Crippen LogP contribution is -2.40. The monoisotopic (exact) mass is 559 g/mol. The summed E-state index contributed by atoms with van der Waals surface area (Å²) in [6.07, 6.45) is 8.17. The number of hydrogen-bond donors (Lipinski definition) is 1. The average molecular weight is 560 g/mol. The highest BCUT2D eigenvalue weighted by molar-refractivity contribution is 5.98. The lowest BCUT2D eigenvalue weighted by molar-refractivity contribution is 0.0362.